The van der Waals surface area contributed by atoms with Gasteiger partial charge in [0.2, 0.25) is 5.91 Å². The average Bonchev–Trinajstić information content (AvgIpc) is 3.25. The number of hydrogen-bond acceptors (Lipinski definition) is 4. The van der Waals surface area contributed by atoms with E-state index in [0.717, 1.165) is 22.6 Å². The zero-order chi connectivity index (χ0) is 24.3. The van der Waals surface area contributed by atoms with Crippen LogP contribution in [-0.4, -0.2) is 26.4 Å². The molecule has 4 aromatic rings. The van der Waals surface area contributed by atoms with E-state index in [1.807, 2.05) is 54.0 Å². The van der Waals surface area contributed by atoms with Gasteiger partial charge in [0.25, 0.3) is 0 Å². The molecule has 7 heteroatoms. The van der Waals surface area contributed by atoms with Gasteiger partial charge in [-0.3, -0.25) is 9.36 Å². The first-order chi connectivity index (χ1) is 16.2. The highest BCUT2D eigenvalue weighted by molar-refractivity contribution is 7.99. The molecule has 0 unspecified atom stereocenters. The molecule has 0 aliphatic carbocycles. The van der Waals surface area contributed by atoms with Crippen molar-refractivity contribution in [1.29, 1.82) is 0 Å². The Morgan fingerprint density at radius 3 is 2.35 bits per heavy atom. The van der Waals surface area contributed by atoms with Crippen LogP contribution in [-0.2, 0) is 10.2 Å². The maximum absolute atomic E-state index is 12.7. The molecule has 0 saturated carbocycles. The number of nitrogens with one attached hydrogen (secondary N) is 1. The van der Waals surface area contributed by atoms with Crippen LogP contribution in [0.1, 0.15) is 31.9 Å². The second-order valence-corrected chi connectivity index (χ2v) is 10.4. The molecule has 174 valence electrons. The Balaban J connectivity index is 1.60. The molecule has 1 heterocycles. The van der Waals surface area contributed by atoms with Gasteiger partial charge in [-0.1, -0.05) is 92.7 Å². The van der Waals surface area contributed by atoms with Crippen molar-refractivity contribution in [1.82, 2.24) is 14.8 Å². The number of para-hydroxylation sites is 1. The Labute approximate surface area is 209 Å². The SMILES string of the molecule is Cc1c(Cl)cccc1NC(=O)CSc1nnc(-c2ccc(C(C)(C)C)cc2)n1-c1ccccc1. The second kappa shape index (κ2) is 10.0. The summed E-state index contributed by atoms with van der Waals surface area (Å²) >= 11 is 7.52. The van der Waals surface area contributed by atoms with Gasteiger partial charge < -0.3 is 5.32 Å². The van der Waals surface area contributed by atoms with Crippen LogP contribution in [0.2, 0.25) is 5.02 Å². The minimum absolute atomic E-state index is 0.0708. The molecule has 0 radical (unpaired) electrons. The van der Waals surface area contributed by atoms with Crippen LogP contribution in [0.15, 0.2) is 78.0 Å². The summed E-state index contributed by atoms with van der Waals surface area (Å²) in [4.78, 5) is 12.7. The predicted octanol–water partition coefficient (Wildman–Crippen LogP) is 6.92. The van der Waals surface area contributed by atoms with E-state index in [2.05, 4.69) is 60.6 Å². The van der Waals surface area contributed by atoms with Gasteiger partial charge in [0.1, 0.15) is 0 Å². The zero-order valence-electron chi connectivity index (χ0n) is 19.7. The third-order valence-corrected chi connectivity index (χ3v) is 6.87. The molecule has 5 nitrogen and oxygen atoms in total. The summed E-state index contributed by atoms with van der Waals surface area (Å²) in [6.45, 7) is 8.46. The highest BCUT2D eigenvalue weighted by Gasteiger charge is 2.19. The van der Waals surface area contributed by atoms with E-state index in [1.165, 1.54) is 17.3 Å². The van der Waals surface area contributed by atoms with Gasteiger partial charge in [-0.15, -0.1) is 10.2 Å². The molecule has 1 amide bonds. The van der Waals surface area contributed by atoms with Crippen molar-refractivity contribution < 1.29 is 4.79 Å². The lowest BCUT2D eigenvalue weighted by Crippen LogP contribution is -2.15. The number of thioether (sulfide) groups is 1. The second-order valence-electron chi connectivity index (χ2n) is 9.05. The van der Waals surface area contributed by atoms with Gasteiger partial charge in [-0.2, -0.15) is 0 Å². The van der Waals surface area contributed by atoms with Gasteiger partial charge in [-0.25, -0.2) is 0 Å². The number of hydrogen-bond donors (Lipinski definition) is 1. The molecule has 1 N–H and O–H groups in total. The monoisotopic (exact) mass is 490 g/mol. The number of carbonyl (C=O) groups excluding carboxylic acids is 1. The molecule has 0 saturated heterocycles. The summed E-state index contributed by atoms with van der Waals surface area (Å²) in [5, 5.41) is 13.1. The van der Waals surface area contributed by atoms with E-state index in [9.17, 15) is 4.79 Å². The Hall–Kier alpha value is -3.09. The highest BCUT2D eigenvalue weighted by Crippen LogP contribution is 2.30. The number of benzene rings is 3. The summed E-state index contributed by atoms with van der Waals surface area (Å²) < 4.78 is 1.99. The van der Waals surface area contributed by atoms with E-state index in [-0.39, 0.29) is 17.1 Å². The van der Waals surface area contributed by atoms with Crippen LogP contribution in [0.25, 0.3) is 17.1 Å². The van der Waals surface area contributed by atoms with E-state index >= 15 is 0 Å². The van der Waals surface area contributed by atoms with Crippen molar-refractivity contribution in [2.45, 2.75) is 38.3 Å². The average molecular weight is 491 g/mol. The molecule has 0 bridgehead atoms. The summed E-state index contributed by atoms with van der Waals surface area (Å²) in [6, 6.07) is 23.8. The van der Waals surface area contributed by atoms with Crippen molar-refractivity contribution in [2.24, 2.45) is 0 Å². The molecule has 0 atom stereocenters. The lowest BCUT2D eigenvalue weighted by Gasteiger charge is -2.19. The summed E-state index contributed by atoms with van der Waals surface area (Å²) in [6.07, 6.45) is 0. The largest absolute Gasteiger partial charge is 0.325 e. The van der Waals surface area contributed by atoms with Crippen LogP contribution < -0.4 is 5.32 Å². The summed E-state index contributed by atoms with van der Waals surface area (Å²) in [7, 11) is 0. The van der Waals surface area contributed by atoms with E-state index in [0.29, 0.717) is 15.9 Å². The first kappa shape index (κ1) is 24.0. The number of anilines is 1. The fourth-order valence-electron chi connectivity index (χ4n) is 3.54. The fraction of sp³-hybridized carbons (Fsp3) is 0.222. The van der Waals surface area contributed by atoms with Crippen LogP contribution in [0.5, 0.6) is 0 Å². The highest BCUT2D eigenvalue weighted by atomic mass is 35.5. The molecule has 3 aromatic carbocycles. The molecular formula is C27H27ClN4OS. The number of amides is 1. The standard InChI is InChI=1S/C27H27ClN4OS/c1-18-22(28)11-8-12-23(18)29-24(33)17-34-26-31-30-25(32(26)21-9-6-5-7-10-21)19-13-15-20(16-14-19)27(2,3)4/h5-16H,17H2,1-4H3,(H,29,33). The van der Waals surface area contributed by atoms with Gasteiger partial charge in [-0.05, 0) is 47.7 Å². The van der Waals surface area contributed by atoms with E-state index < -0.39 is 0 Å². The molecule has 0 aliphatic heterocycles. The lowest BCUT2D eigenvalue weighted by atomic mass is 9.87. The minimum Gasteiger partial charge on any atom is -0.325 e. The topological polar surface area (TPSA) is 59.8 Å². The van der Waals surface area contributed by atoms with Crippen LogP contribution in [0.3, 0.4) is 0 Å². The Bertz CT molecular complexity index is 1290. The minimum atomic E-state index is -0.131. The third-order valence-electron chi connectivity index (χ3n) is 5.53. The number of rotatable bonds is 6. The summed E-state index contributed by atoms with van der Waals surface area (Å²) in [5.41, 5.74) is 4.79. The van der Waals surface area contributed by atoms with Crippen molar-refractivity contribution in [3.8, 4) is 17.1 Å². The van der Waals surface area contributed by atoms with Gasteiger partial charge in [0, 0.05) is 22.0 Å². The maximum atomic E-state index is 12.7. The van der Waals surface area contributed by atoms with E-state index in [1.54, 1.807) is 6.07 Å². The zero-order valence-corrected chi connectivity index (χ0v) is 21.2. The van der Waals surface area contributed by atoms with Gasteiger partial charge >= 0.3 is 0 Å². The number of nitrogens with zero attached hydrogens (tertiary/aromatic N) is 3. The third kappa shape index (κ3) is 5.34. The molecule has 0 fully saturated rings. The fourth-order valence-corrected chi connectivity index (χ4v) is 4.47. The van der Waals surface area contributed by atoms with Crippen molar-refractivity contribution in [3.05, 3.63) is 88.9 Å². The van der Waals surface area contributed by atoms with Crippen LogP contribution in [0, 0.1) is 6.92 Å². The molecule has 0 spiro atoms. The summed E-state index contributed by atoms with van der Waals surface area (Å²) in [5.74, 6) is 0.800. The maximum Gasteiger partial charge on any atom is 0.234 e. The Morgan fingerprint density at radius 2 is 1.68 bits per heavy atom. The van der Waals surface area contributed by atoms with Crippen molar-refractivity contribution in [3.63, 3.8) is 0 Å². The number of halogens is 1. The van der Waals surface area contributed by atoms with E-state index in [4.69, 9.17) is 11.6 Å². The molecule has 4 rings (SSSR count). The smallest absolute Gasteiger partial charge is 0.234 e. The number of aromatic nitrogens is 3. The molecule has 0 aliphatic rings. The van der Waals surface area contributed by atoms with Crippen LogP contribution in [0.4, 0.5) is 5.69 Å². The van der Waals surface area contributed by atoms with Crippen molar-refractivity contribution in [2.75, 3.05) is 11.1 Å². The first-order valence-corrected chi connectivity index (χ1v) is 12.4. The molecular weight excluding hydrogens is 464 g/mol. The van der Waals surface area contributed by atoms with Gasteiger partial charge in [0.15, 0.2) is 11.0 Å². The molecule has 1 aromatic heterocycles. The molecule has 34 heavy (non-hydrogen) atoms. The predicted molar refractivity (Wildman–Crippen MR) is 141 cm³/mol. The van der Waals surface area contributed by atoms with Gasteiger partial charge in [0.05, 0.1) is 5.75 Å². The number of carbonyl (C=O) groups is 1. The Kier molecular flexibility index (Phi) is 7.10. The first-order valence-electron chi connectivity index (χ1n) is 11.0. The quantitative estimate of drug-likeness (QED) is 0.298. The lowest BCUT2D eigenvalue weighted by molar-refractivity contribution is -0.113. The van der Waals surface area contributed by atoms with Crippen molar-refractivity contribution >= 4 is 35.0 Å². The Morgan fingerprint density at radius 1 is 0.971 bits per heavy atom. The van der Waals surface area contributed by atoms with Crippen LogP contribution >= 0.6 is 23.4 Å². The normalized spacial score (nSPS) is 11.4.